The van der Waals surface area contributed by atoms with E-state index in [1.54, 1.807) is 6.92 Å². The van der Waals surface area contributed by atoms with Crippen LogP contribution in [0.5, 0.6) is 5.88 Å². The second kappa shape index (κ2) is 5.31. The van der Waals surface area contributed by atoms with E-state index in [4.69, 9.17) is 4.74 Å². The molecule has 0 aliphatic rings. The van der Waals surface area contributed by atoms with E-state index in [-0.39, 0.29) is 24.0 Å². The van der Waals surface area contributed by atoms with Gasteiger partial charge in [-0.2, -0.15) is 0 Å². The van der Waals surface area contributed by atoms with Crippen LogP contribution in [-0.2, 0) is 0 Å². The van der Waals surface area contributed by atoms with Crippen LogP contribution in [0.4, 0.5) is 5.69 Å². The molecule has 0 atom stereocenters. The number of hydrogen-bond donors (Lipinski definition) is 0. The van der Waals surface area contributed by atoms with Crippen LogP contribution in [0.3, 0.4) is 0 Å². The molecular formula is C7H9ClN2O3. The van der Waals surface area contributed by atoms with E-state index in [2.05, 4.69) is 4.98 Å². The Morgan fingerprint density at radius 2 is 2.38 bits per heavy atom. The molecule has 0 aliphatic heterocycles. The van der Waals surface area contributed by atoms with E-state index in [0.717, 1.165) is 0 Å². The first-order valence-corrected chi connectivity index (χ1v) is 3.48. The zero-order valence-corrected chi connectivity index (χ0v) is 7.78. The minimum absolute atomic E-state index is 0. The van der Waals surface area contributed by atoms with Gasteiger partial charge in [-0.25, -0.2) is 4.98 Å². The monoisotopic (exact) mass is 204 g/mol. The Balaban J connectivity index is 0.00000144. The molecule has 0 amide bonds. The third-order valence-corrected chi connectivity index (χ3v) is 1.23. The summed E-state index contributed by atoms with van der Waals surface area (Å²) >= 11 is 0. The molecule has 5 nitrogen and oxygen atoms in total. The van der Waals surface area contributed by atoms with Crippen molar-refractivity contribution in [2.75, 3.05) is 6.61 Å². The molecule has 0 unspecified atom stereocenters. The molecule has 0 aliphatic carbocycles. The van der Waals surface area contributed by atoms with Crippen LogP contribution < -0.4 is 4.74 Å². The van der Waals surface area contributed by atoms with Gasteiger partial charge < -0.3 is 4.74 Å². The highest BCUT2D eigenvalue weighted by molar-refractivity contribution is 5.85. The molecular weight excluding hydrogens is 196 g/mol. The predicted molar refractivity (Wildman–Crippen MR) is 49.3 cm³/mol. The second-order valence-corrected chi connectivity index (χ2v) is 2.02. The van der Waals surface area contributed by atoms with E-state index in [0.29, 0.717) is 6.61 Å². The number of halogens is 1. The summed E-state index contributed by atoms with van der Waals surface area (Å²) < 4.78 is 4.95. The first kappa shape index (κ1) is 11.6. The van der Waals surface area contributed by atoms with Crippen molar-refractivity contribution < 1.29 is 9.66 Å². The topological polar surface area (TPSA) is 65.3 Å². The number of aromatic nitrogens is 1. The highest BCUT2D eigenvalue weighted by atomic mass is 35.5. The molecule has 0 bridgehead atoms. The largest absolute Gasteiger partial charge is 0.473 e. The summed E-state index contributed by atoms with van der Waals surface area (Å²) in [5.41, 5.74) is -0.0978. The van der Waals surface area contributed by atoms with Crippen molar-refractivity contribution in [1.82, 2.24) is 4.98 Å². The van der Waals surface area contributed by atoms with Crippen LogP contribution >= 0.6 is 12.4 Å². The fourth-order valence-corrected chi connectivity index (χ4v) is 0.769. The third kappa shape index (κ3) is 2.87. The standard InChI is InChI=1S/C7H8N2O3.ClH/c1-2-12-7-6(9(10)11)4-3-5-8-7;/h3-5H,2H2,1H3;1H. The summed E-state index contributed by atoms with van der Waals surface area (Å²) in [5.74, 6) is 0.0741. The van der Waals surface area contributed by atoms with Gasteiger partial charge in [0.1, 0.15) is 0 Å². The van der Waals surface area contributed by atoms with Crippen molar-refractivity contribution in [3.8, 4) is 5.88 Å². The molecule has 0 aromatic carbocycles. The lowest BCUT2D eigenvalue weighted by atomic mass is 10.4. The van der Waals surface area contributed by atoms with E-state index >= 15 is 0 Å². The van der Waals surface area contributed by atoms with Crippen molar-refractivity contribution >= 4 is 18.1 Å². The summed E-state index contributed by atoms with van der Waals surface area (Å²) in [6.45, 7) is 2.12. The Kier molecular flexibility index (Phi) is 4.76. The average molecular weight is 205 g/mol. The van der Waals surface area contributed by atoms with Crippen molar-refractivity contribution in [3.63, 3.8) is 0 Å². The summed E-state index contributed by atoms with van der Waals surface area (Å²) in [6.07, 6.45) is 1.46. The average Bonchev–Trinajstić information content (AvgIpc) is 2.05. The molecule has 13 heavy (non-hydrogen) atoms. The second-order valence-electron chi connectivity index (χ2n) is 2.02. The van der Waals surface area contributed by atoms with Gasteiger partial charge in [-0.1, -0.05) is 0 Å². The Bertz CT molecular complexity index is 293. The highest BCUT2D eigenvalue weighted by Crippen LogP contribution is 2.22. The summed E-state index contributed by atoms with van der Waals surface area (Å²) in [5, 5.41) is 10.4. The quantitative estimate of drug-likeness (QED) is 0.556. The van der Waals surface area contributed by atoms with Crippen molar-refractivity contribution in [2.45, 2.75) is 6.92 Å². The van der Waals surface area contributed by atoms with Crippen LogP contribution in [-0.4, -0.2) is 16.5 Å². The molecule has 1 aromatic heterocycles. The van der Waals surface area contributed by atoms with Crippen molar-refractivity contribution in [2.24, 2.45) is 0 Å². The van der Waals surface area contributed by atoms with E-state index in [1.807, 2.05) is 0 Å². The molecule has 0 fully saturated rings. The maximum atomic E-state index is 10.4. The van der Waals surface area contributed by atoms with Crippen LogP contribution in [0.15, 0.2) is 18.3 Å². The number of ether oxygens (including phenoxy) is 1. The molecule has 72 valence electrons. The van der Waals surface area contributed by atoms with Gasteiger partial charge in [-0.05, 0) is 13.0 Å². The van der Waals surface area contributed by atoms with E-state index in [1.165, 1.54) is 18.3 Å². The van der Waals surface area contributed by atoms with Crippen LogP contribution in [0.2, 0.25) is 0 Å². The zero-order valence-electron chi connectivity index (χ0n) is 6.97. The number of nitro groups is 1. The number of pyridine rings is 1. The Morgan fingerprint density at radius 3 is 2.92 bits per heavy atom. The molecule has 6 heteroatoms. The predicted octanol–water partition coefficient (Wildman–Crippen LogP) is 1.81. The Morgan fingerprint density at radius 1 is 1.69 bits per heavy atom. The number of hydrogen-bond acceptors (Lipinski definition) is 4. The van der Waals surface area contributed by atoms with Gasteiger partial charge in [0.05, 0.1) is 11.5 Å². The fourth-order valence-electron chi connectivity index (χ4n) is 0.769. The van der Waals surface area contributed by atoms with E-state index < -0.39 is 4.92 Å². The molecule has 0 spiro atoms. The lowest BCUT2D eigenvalue weighted by molar-refractivity contribution is -0.386. The minimum Gasteiger partial charge on any atom is -0.473 e. The van der Waals surface area contributed by atoms with Crippen LogP contribution in [0.1, 0.15) is 6.92 Å². The van der Waals surface area contributed by atoms with E-state index in [9.17, 15) is 10.1 Å². The smallest absolute Gasteiger partial charge is 0.330 e. The van der Waals surface area contributed by atoms with Gasteiger partial charge in [0.25, 0.3) is 5.88 Å². The highest BCUT2D eigenvalue weighted by Gasteiger charge is 2.14. The number of rotatable bonds is 3. The normalized spacial score (nSPS) is 8.69. The summed E-state index contributed by atoms with van der Waals surface area (Å²) in [7, 11) is 0. The van der Waals surface area contributed by atoms with Gasteiger partial charge >= 0.3 is 5.69 Å². The van der Waals surface area contributed by atoms with Crippen molar-refractivity contribution in [3.05, 3.63) is 28.4 Å². The van der Waals surface area contributed by atoms with Gasteiger partial charge in [-0.15, -0.1) is 12.4 Å². The van der Waals surface area contributed by atoms with Crippen molar-refractivity contribution in [1.29, 1.82) is 0 Å². The molecule has 0 radical (unpaired) electrons. The lowest BCUT2D eigenvalue weighted by Gasteiger charge is -2.00. The first-order valence-electron chi connectivity index (χ1n) is 3.48. The molecule has 0 saturated heterocycles. The fraction of sp³-hybridized carbons (Fsp3) is 0.286. The Labute approximate surface area is 81.3 Å². The SMILES string of the molecule is CCOc1ncccc1[N+](=O)[O-].Cl. The maximum absolute atomic E-state index is 10.4. The molecule has 0 N–H and O–H groups in total. The molecule has 1 aromatic rings. The van der Waals surface area contributed by atoms with Crippen LogP contribution in [0, 0.1) is 10.1 Å². The third-order valence-electron chi connectivity index (χ3n) is 1.23. The molecule has 1 rings (SSSR count). The lowest BCUT2D eigenvalue weighted by Crippen LogP contribution is -1.98. The maximum Gasteiger partial charge on any atom is 0.330 e. The van der Waals surface area contributed by atoms with Gasteiger partial charge in [0, 0.05) is 12.3 Å². The zero-order chi connectivity index (χ0) is 8.97. The molecule has 0 saturated carbocycles. The number of nitrogens with zero attached hydrogens (tertiary/aromatic N) is 2. The minimum atomic E-state index is -0.516. The molecule has 1 heterocycles. The van der Waals surface area contributed by atoms with Crippen LogP contribution in [0.25, 0.3) is 0 Å². The summed E-state index contributed by atoms with van der Waals surface area (Å²) in [4.78, 5) is 13.6. The Hall–Kier alpha value is -1.36. The first-order chi connectivity index (χ1) is 5.75. The van der Waals surface area contributed by atoms with Gasteiger partial charge in [0.15, 0.2) is 0 Å². The van der Waals surface area contributed by atoms with Gasteiger partial charge in [0.2, 0.25) is 0 Å². The van der Waals surface area contributed by atoms with Gasteiger partial charge in [-0.3, -0.25) is 10.1 Å². The summed E-state index contributed by atoms with van der Waals surface area (Å²) in [6, 6.07) is 2.86.